The van der Waals surface area contributed by atoms with Crippen molar-refractivity contribution in [1.29, 1.82) is 0 Å². The molecule has 1 amide bonds. The molecule has 1 aliphatic rings. The summed E-state index contributed by atoms with van der Waals surface area (Å²) in [7, 11) is 0. The smallest absolute Gasteiger partial charge is 0.228 e. The lowest BCUT2D eigenvalue weighted by atomic mass is 10.1. The average Bonchev–Trinajstić information content (AvgIpc) is 2.99. The molecule has 1 aromatic carbocycles. The second kappa shape index (κ2) is 5.24. The second-order valence-electron chi connectivity index (χ2n) is 5.38. The van der Waals surface area contributed by atoms with E-state index >= 15 is 0 Å². The van der Waals surface area contributed by atoms with Crippen molar-refractivity contribution in [2.45, 2.75) is 20.3 Å². The number of aliphatic hydroxyl groups is 1. The first kappa shape index (κ1) is 13.9. The van der Waals surface area contributed by atoms with Gasteiger partial charge in [0.1, 0.15) is 6.61 Å². The third-order valence-electron chi connectivity index (χ3n) is 3.37. The molecule has 1 aromatic rings. The van der Waals surface area contributed by atoms with E-state index in [1.54, 1.807) is 18.2 Å². The predicted molar refractivity (Wildman–Crippen MR) is 75.9 cm³/mol. The Hall–Kier alpha value is -1.50. The summed E-state index contributed by atoms with van der Waals surface area (Å²) in [6.07, 6.45) is 0.907. The highest BCUT2D eigenvalue weighted by Crippen LogP contribution is 2.52. The molecule has 0 spiro atoms. The van der Waals surface area contributed by atoms with Crippen LogP contribution in [0.15, 0.2) is 18.2 Å². The Morgan fingerprint density at radius 2 is 2.26 bits per heavy atom. The van der Waals surface area contributed by atoms with Gasteiger partial charge in [-0.25, -0.2) is 0 Å². The minimum absolute atomic E-state index is 0.0133. The molecule has 0 aromatic heterocycles. The Labute approximate surface area is 118 Å². The van der Waals surface area contributed by atoms with Gasteiger partial charge in [-0.1, -0.05) is 37.3 Å². The van der Waals surface area contributed by atoms with E-state index in [0.717, 1.165) is 6.42 Å². The fraction of sp³-hybridized carbons (Fsp3) is 0.400. The molecule has 1 aliphatic carbocycles. The highest BCUT2D eigenvalue weighted by atomic mass is 35.5. The monoisotopic (exact) mass is 277 g/mol. The van der Waals surface area contributed by atoms with Crippen LogP contribution in [-0.2, 0) is 4.79 Å². The average molecular weight is 278 g/mol. The first-order chi connectivity index (χ1) is 8.94. The maximum absolute atomic E-state index is 12.1. The zero-order valence-corrected chi connectivity index (χ0v) is 11.7. The van der Waals surface area contributed by atoms with Gasteiger partial charge in [-0.05, 0) is 30.0 Å². The number of benzene rings is 1. The largest absolute Gasteiger partial charge is 0.384 e. The van der Waals surface area contributed by atoms with Gasteiger partial charge in [0.15, 0.2) is 0 Å². The molecule has 0 heterocycles. The van der Waals surface area contributed by atoms with Crippen LogP contribution in [0.4, 0.5) is 5.69 Å². The minimum atomic E-state index is -0.227. The number of aliphatic hydroxyl groups excluding tert-OH is 1. The Balaban J connectivity index is 2.18. The van der Waals surface area contributed by atoms with Gasteiger partial charge < -0.3 is 10.4 Å². The van der Waals surface area contributed by atoms with Crippen molar-refractivity contribution < 1.29 is 9.90 Å². The van der Waals surface area contributed by atoms with Gasteiger partial charge in [-0.15, -0.1) is 0 Å². The van der Waals surface area contributed by atoms with E-state index in [1.165, 1.54) is 0 Å². The maximum atomic E-state index is 12.1. The number of hydrogen-bond acceptors (Lipinski definition) is 2. The van der Waals surface area contributed by atoms with E-state index in [2.05, 4.69) is 31.0 Å². The quantitative estimate of drug-likeness (QED) is 0.817. The fourth-order valence-electron chi connectivity index (χ4n) is 2.00. The van der Waals surface area contributed by atoms with Crippen LogP contribution < -0.4 is 5.32 Å². The highest BCUT2D eigenvalue weighted by Gasteiger charge is 2.50. The lowest BCUT2D eigenvalue weighted by Gasteiger charge is -2.09. The molecule has 1 unspecified atom stereocenters. The van der Waals surface area contributed by atoms with Crippen molar-refractivity contribution >= 4 is 23.2 Å². The molecule has 1 saturated carbocycles. The highest BCUT2D eigenvalue weighted by molar-refractivity contribution is 6.30. The van der Waals surface area contributed by atoms with Crippen LogP contribution in [0.25, 0.3) is 0 Å². The number of nitrogens with one attached hydrogen (secondary N) is 1. The number of halogens is 1. The Kier molecular flexibility index (Phi) is 3.84. The van der Waals surface area contributed by atoms with E-state index in [1.807, 2.05) is 0 Å². The first-order valence-corrected chi connectivity index (χ1v) is 6.52. The second-order valence-corrected chi connectivity index (χ2v) is 5.82. The van der Waals surface area contributed by atoms with Gasteiger partial charge >= 0.3 is 0 Å². The molecule has 2 rings (SSSR count). The Bertz CT molecular complexity index is 569. The standard InChI is InChI=1S/C15H16ClNO2/c1-15(2)9-12(15)14(19)17-13-6-5-11(16)8-10(13)4-3-7-18/h5-6,8,12,18H,7,9H2,1-2H3,(H,17,19). The van der Waals surface area contributed by atoms with Gasteiger partial charge in [-0.2, -0.15) is 0 Å². The molecular formula is C15H16ClNO2. The van der Waals surface area contributed by atoms with Crippen molar-refractivity contribution in [2.75, 3.05) is 11.9 Å². The molecule has 0 saturated heterocycles. The van der Waals surface area contributed by atoms with Crippen LogP contribution in [0.2, 0.25) is 5.02 Å². The summed E-state index contributed by atoms with van der Waals surface area (Å²) in [5, 5.41) is 12.2. The van der Waals surface area contributed by atoms with E-state index < -0.39 is 0 Å². The Morgan fingerprint density at radius 1 is 1.58 bits per heavy atom. The molecule has 2 N–H and O–H groups in total. The molecule has 0 bridgehead atoms. The van der Waals surface area contributed by atoms with Crippen molar-refractivity contribution in [3.05, 3.63) is 28.8 Å². The lowest BCUT2D eigenvalue weighted by Crippen LogP contribution is -2.17. The number of carbonyl (C=O) groups excluding carboxylic acids is 1. The fourth-order valence-corrected chi connectivity index (χ4v) is 2.17. The van der Waals surface area contributed by atoms with Crippen molar-refractivity contribution in [3.8, 4) is 11.8 Å². The van der Waals surface area contributed by atoms with Crippen molar-refractivity contribution in [3.63, 3.8) is 0 Å². The summed E-state index contributed by atoms with van der Waals surface area (Å²) in [5.41, 5.74) is 1.35. The third-order valence-corrected chi connectivity index (χ3v) is 3.61. The molecule has 4 heteroatoms. The van der Waals surface area contributed by atoms with Crippen molar-refractivity contribution in [1.82, 2.24) is 0 Å². The molecule has 0 aliphatic heterocycles. The molecule has 0 radical (unpaired) electrons. The summed E-state index contributed by atoms with van der Waals surface area (Å²) >= 11 is 5.91. The van der Waals surface area contributed by atoms with Crippen LogP contribution in [-0.4, -0.2) is 17.6 Å². The van der Waals surface area contributed by atoms with E-state index in [-0.39, 0.29) is 23.8 Å². The Morgan fingerprint density at radius 3 is 2.84 bits per heavy atom. The van der Waals surface area contributed by atoms with E-state index in [9.17, 15) is 4.79 Å². The van der Waals surface area contributed by atoms with Crippen LogP contribution in [0, 0.1) is 23.2 Å². The van der Waals surface area contributed by atoms with Crippen molar-refractivity contribution in [2.24, 2.45) is 11.3 Å². The van der Waals surface area contributed by atoms with Crippen LogP contribution in [0.3, 0.4) is 0 Å². The first-order valence-electron chi connectivity index (χ1n) is 6.14. The van der Waals surface area contributed by atoms with Gasteiger partial charge in [0, 0.05) is 16.5 Å². The molecule has 3 nitrogen and oxygen atoms in total. The predicted octanol–water partition coefficient (Wildman–Crippen LogP) is 2.67. The topological polar surface area (TPSA) is 49.3 Å². The molecule has 100 valence electrons. The number of carbonyl (C=O) groups is 1. The number of hydrogen-bond donors (Lipinski definition) is 2. The van der Waals surface area contributed by atoms with Gasteiger partial charge in [-0.3, -0.25) is 4.79 Å². The molecule has 19 heavy (non-hydrogen) atoms. The zero-order valence-electron chi connectivity index (χ0n) is 11.0. The van der Waals surface area contributed by atoms with Crippen LogP contribution in [0.5, 0.6) is 0 Å². The van der Waals surface area contributed by atoms with Gasteiger partial charge in [0.2, 0.25) is 5.91 Å². The number of amides is 1. The van der Waals surface area contributed by atoms with Gasteiger partial charge in [0.25, 0.3) is 0 Å². The maximum Gasteiger partial charge on any atom is 0.228 e. The summed E-state index contributed by atoms with van der Waals surface area (Å²) < 4.78 is 0. The minimum Gasteiger partial charge on any atom is -0.384 e. The van der Waals surface area contributed by atoms with Gasteiger partial charge in [0.05, 0.1) is 5.69 Å². The van der Waals surface area contributed by atoms with Crippen LogP contribution >= 0.6 is 11.6 Å². The third kappa shape index (κ3) is 3.28. The summed E-state index contributed by atoms with van der Waals surface area (Å²) in [6, 6.07) is 5.12. The number of anilines is 1. The normalized spacial score (nSPS) is 19.3. The SMILES string of the molecule is CC1(C)CC1C(=O)Nc1ccc(Cl)cc1C#CCO. The van der Waals surface area contributed by atoms with E-state index in [0.29, 0.717) is 16.3 Å². The van der Waals surface area contributed by atoms with E-state index in [4.69, 9.17) is 16.7 Å². The molecule has 1 atom stereocenters. The zero-order chi connectivity index (χ0) is 14.0. The summed E-state index contributed by atoms with van der Waals surface area (Å²) in [6.45, 7) is 3.92. The molecular weight excluding hydrogens is 262 g/mol. The molecule has 1 fully saturated rings. The lowest BCUT2D eigenvalue weighted by molar-refractivity contribution is -0.118. The summed E-state index contributed by atoms with van der Waals surface area (Å²) in [4.78, 5) is 12.1. The number of rotatable bonds is 2. The summed E-state index contributed by atoms with van der Waals surface area (Å²) in [5.74, 6) is 5.42. The van der Waals surface area contributed by atoms with Crippen LogP contribution in [0.1, 0.15) is 25.8 Å².